The summed E-state index contributed by atoms with van der Waals surface area (Å²) in [5, 5.41) is 0. The molecule has 2 nitrogen and oxygen atoms in total. The molecule has 2 N–H and O–H groups in total. The van der Waals surface area contributed by atoms with Crippen LogP contribution >= 0.6 is 0 Å². The molecule has 0 aromatic carbocycles. The Hall–Kier alpha value is -0.0800. The van der Waals surface area contributed by atoms with Crippen molar-refractivity contribution in [2.45, 2.75) is 91.7 Å². The monoisotopic (exact) mass is 269 g/mol. The first-order valence-corrected chi connectivity index (χ1v) is 8.00. The van der Waals surface area contributed by atoms with Gasteiger partial charge in [0.25, 0.3) is 0 Å². The lowest BCUT2D eigenvalue weighted by Gasteiger charge is -2.47. The van der Waals surface area contributed by atoms with Gasteiger partial charge in [0, 0.05) is 12.6 Å². The summed E-state index contributed by atoms with van der Waals surface area (Å²) >= 11 is 0. The van der Waals surface area contributed by atoms with Gasteiger partial charge < -0.3 is 10.5 Å². The Labute approximate surface area is 120 Å². The number of ether oxygens (including phenoxy) is 1. The van der Waals surface area contributed by atoms with Crippen LogP contribution in [-0.2, 0) is 4.74 Å². The topological polar surface area (TPSA) is 35.2 Å². The van der Waals surface area contributed by atoms with E-state index in [9.17, 15) is 0 Å². The molecule has 0 heterocycles. The van der Waals surface area contributed by atoms with E-state index in [0.717, 1.165) is 25.9 Å². The fourth-order valence-corrected chi connectivity index (χ4v) is 3.11. The lowest BCUT2D eigenvalue weighted by Crippen LogP contribution is -2.53. The van der Waals surface area contributed by atoms with Crippen LogP contribution in [0, 0.1) is 10.8 Å². The van der Waals surface area contributed by atoms with E-state index in [0.29, 0.717) is 10.8 Å². The van der Waals surface area contributed by atoms with Crippen LogP contribution in [0.4, 0.5) is 0 Å². The van der Waals surface area contributed by atoms with Crippen molar-refractivity contribution in [2.24, 2.45) is 16.6 Å². The van der Waals surface area contributed by atoms with E-state index in [2.05, 4.69) is 41.5 Å². The summed E-state index contributed by atoms with van der Waals surface area (Å²) in [4.78, 5) is 0. The lowest BCUT2D eigenvalue weighted by atomic mass is 9.67. The fourth-order valence-electron chi connectivity index (χ4n) is 3.11. The predicted molar refractivity (Wildman–Crippen MR) is 83.3 cm³/mol. The molecule has 1 saturated carbocycles. The van der Waals surface area contributed by atoms with Crippen LogP contribution < -0.4 is 5.73 Å². The van der Waals surface area contributed by atoms with Crippen molar-refractivity contribution in [2.75, 3.05) is 6.61 Å². The van der Waals surface area contributed by atoms with Gasteiger partial charge in [-0.05, 0) is 56.3 Å². The molecule has 1 rings (SSSR count). The van der Waals surface area contributed by atoms with Crippen molar-refractivity contribution in [3.8, 4) is 0 Å². The second-order valence-corrected chi connectivity index (χ2v) is 8.37. The van der Waals surface area contributed by atoms with Gasteiger partial charge >= 0.3 is 0 Å². The van der Waals surface area contributed by atoms with Crippen LogP contribution in [0.3, 0.4) is 0 Å². The highest BCUT2D eigenvalue weighted by Crippen LogP contribution is 2.44. The first kappa shape index (κ1) is 17.0. The van der Waals surface area contributed by atoms with Crippen molar-refractivity contribution in [3.63, 3.8) is 0 Å². The lowest BCUT2D eigenvalue weighted by molar-refractivity contribution is -0.101. The highest BCUT2D eigenvalue weighted by molar-refractivity contribution is 4.97. The van der Waals surface area contributed by atoms with Crippen molar-refractivity contribution in [3.05, 3.63) is 0 Å². The molecule has 1 aliphatic rings. The molecule has 0 amide bonds. The van der Waals surface area contributed by atoms with Crippen molar-refractivity contribution >= 4 is 0 Å². The number of rotatable bonds is 5. The van der Waals surface area contributed by atoms with E-state index in [1.165, 1.54) is 19.3 Å². The molecular weight excluding hydrogens is 234 g/mol. The van der Waals surface area contributed by atoms with Gasteiger partial charge in [0.2, 0.25) is 0 Å². The summed E-state index contributed by atoms with van der Waals surface area (Å²) in [7, 11) is 0. The maximum absolute atomic E-state index is 6.54. The molecule has 0 saturated heterocycles. The van der Waals surface area contributed by atoms with Gasteiger partial charge in [-0.1, -0.05) is 34.6 Å². The van der Waals surface area contributed by atoms with Crippen LogP contribution in [0.2, 0.25) is 0 Å². The van der Waals surface area contributed by atoms with Crippen LogP contribution in [0.15, 0.2) is 0 Å². The Morgan fingerprint density at radius 2 is 1.63 bits per heavy atom. The van der Waals surface area contributed by atoms with E-state index in [-0.39, 0.29) is 11.6 Å². The molecule has 0 aliphatic heterocycles. The first-order valence-electron chi connectivity index (χ1n) is 8.00. The molecule has 2 heteroatoms. The predicted octanol–water partition coefficient (Wildman–Crippen LogP) is 4.52. The van der Waals surface area contributed by atoms with E-state index >= 15 is 0 Å². The zero-order valence-electron chi connectivity index (χ0n) is 14.0. The van der Waals surface area contributed by atoms with E-state index in [4.69, 9.17) is 10.5 Å². The highest BCUT2D eigenvalue weighted by Gasteiger charge is 2.43. The Morgan fingerprint density at radius 1 is 1.11 bits per heavy atom. The van der Waals surface area contributed by atoms with Crippen molar-refractivity contribution in [1.29, 1.82) is 0 Å². The second kappa shape index (κ2) is 6.13. The molecular formula is C17H35NO. The highest BCUT2D eigenvalue weighted by atomic mass is 16.5. The largest absolute Gasteiger partial charge is 0.374 e. The van der Waals surface area contributed by atoms with Crippen LogP contribution in [-0.4, -0.2) is 18.2 Å². The first-order chi connectivity index (χ1) is 8.60. The minimum Gasteiger partial charge on any atom is -0.374 e. The molecule has 0 bridgehead atoms. The van der Waals surface area contributed by atoms with E-state index in [1.54, 1.807) is 0 Å². The molecule has 1 atom stereocenters. The summed E-state index contributed by atoms with van der Waals surface area (Å²) in [5.41, 5.74) is 7.30. The van der Waals surface area contributed by atoms with Gasteiger partial charge in [-0.25, -0.2) is 0 Å². The van der Waals surface area contributed by atoms with Gasteiger partial charge in [-0.15, -0.1) is 0 Å². The van der Waals surface area contributed by atoms with Crippen molar-refractivity contribution in [1.82, 2.24) is 0 Å². The van der Waals surface area contributed by atoms with Crippen molar-refractivity contribution < 1.29 is 4.74 Å². The number of hydrogen-bond acceptors (Lipinski definition) is 2. The maximum Gasteiger partial charge on any atom is 0.0832 e. The molecule has 19 heavy (non-hydrogen) atoms. The van der Waals surface area contributed by atoms with Crippen LogP contribution in [0.5, 0.6) is 0 Å². The standard InChI is InChI=1S/C17H35NO/c1-7-19-17(12-10-16(5,6)11-13-17)14(18)8-9-15(2,3)4/h14H,7-13,18H2,1-6H3. The quantitative estimate of drug-likeness (QED) is 0.796. The zero-order chi connectivity index (χ0) is 14.7. The van der Waals surface area contributed by atoms with Crippen LogP contribution in [0.25, 0.3) is 0 Å². The summed E-state index contributed by atoms with van der Waals surface area (Å²) in [6.45, 7) is 14.5. The summed E-state index contributed by atoms with van der Waals surface area (Å²) in [6, 6.07) is 0.183. The molecule has 0 aromatic heterocycles. The normalized spacial score (nSPS) is 24.2. The smallest absolute Gasteiger partial charge is 0.0832 e. The summed E-state index contributed by atoms with van der Waals surface area (Å²) in [5.74, 6) is 0. The van der Waals surface area contributed by atoms with E-state index in [1.807, 2.05) is 0 Å². The Morgan fingerprint density at radius 3 is 2.05 bits per heavy atom. The van der Waals surface area contributed by atoms with E-state index < -0.39 is 0 Å². The third kappa shape index (κ3) is 5.07. The number of nitrogens with two attached hydrogens (primary N) is 1. The molecule has 0 spiro atoms. The van der Waals surface area contributed by atoms with Gasteiger partial charge in [-0.3, -0.25) is 0 Å². The average molecular weight is 269 g/mol. The Bertz CT molecular complexity index is 267. The SMILES string of the molecule is CCOC1(C(N)CCC(C)(C)C)CCC(C)(C)CC1. The second-order valence-electron chi connectivity index (χ2n) is 8.37. The molecule has 1 fully saturated rings. The minimum atomic E-state index is -0.0600. The maximum atomic E-state index is 6.54. The summed E-state index contributed by atoms with van der Waals surface area (Å²) < 4.78 is 6.17. The minimum absolute atomic E-state index is 0.0600. The number of hydrogen-bond donors (Lipinski definition) is 1. The average Bonchev–Trinajstić information content (AvgIpc) is 2.28. The van der Waals surface area contributed by atoms with Gasteiger partial charge in [0.15, 0.2) is 0 Å². The van der Waals surface area contributed by atoms with Gasteiger partial charge in [0.1, 0.15) is 0 Å². The summed E-state index contributed by atoms with van der Waals surface area (Å²) in [6.07, 6.45) is 6.96. The zero-order valence-corrected chi connectivity index (χ0v) is 14.0. The fraction of sp³-hybridized carbons (Fsp3) is 1.00. The molecule has 1 unspecified atom stereocenters. The third-order valence-electron chi connectivity index (χ3n) is 4.76. The molecule has 0 aromatic rings. The third-order valence-corrected chi connectivity index (χ3v) is 4.76. The molecule has 1 aliphatic carbocycles. The Kier molecular flexibility index (Phi) is 5.48. The van der Waals surface area contributed by atoms with Gasteiger partial charge in [-0.2, -0.15) is 0 Å². The van der Waals surface area contributed by atoms with Crippen LogP contribution in [0.1, 0.15) is 80.1 Å². The molecule has 114 valence electrons. The molecule has 0 radical (unpaired) electrons. The Balaban J connectivity index is 2.66. The van der Waals surface area contributed by atoms with Gasteiger partial charge in [0.05, 0.1) is 5.60 Å².